The van der Waals surface area contributed by atoms with Gasteiger partial charge in [0.05, 0.1) is 16.6 Å². The first-order valence-electron chi connectivity index (χ1n) is 5.53. The maximum Gasteiger partial charge on any atom is 0.326 e. The summed E-state index contributed by atoms with van der Waals surface area (Å²) in [6.45, 7) is 0. The van der Waals surface area contributed by atoms with Crippen LogP contribution in [0.15, 0.2) is 32.3 Å². The number of halogens is 1. The van der Waals surface area contributed by atoms with Crippen molar-refractivity contribution in [3.05, 3.63) is 49.1 Å². The number of rotatable bonds is 1. The maximum atomic E-state index is 11.8. The molecule has 0 aliphatic rings. The van der Waals surface area contributed by atoms with E-state index >= 15 is 0 Å². The normalized spacial score (nSPS) is 11.1. The summed E-state index contributed by atoms with van der Waals surface area (Å²) >= 11 is 3.29. The molecule has 1 amide bonds. The largest absolute Gasteiger partial charge is 0.366 e. The van der Waals surface area contributed by atoms with Crippen molar-refractivity contribution in [1.29, 1.82) is 0 Å². The van der Waals surface area contributed by atoms with Crippen LogP contribution in [-0.2, 0) is 0 Å². The second-order valence-corrected chi connectivity index (χ2v) is 5.06. The fraction of sp³-hybridized carbons (Fsp3) is 0. The number of amides is 1. The summed E-state index contributed by atoms with van der Waals surface area (Å²) in [5.41, 5.74) is 4.49. The van der Waals surface area contributed by atoms with Crippen LogP contribution >= 0.6 is 15.9 Å². The third-order valence-corrected chi connectivity index (χ3v) is 3.37. The van der Waals surface area contributed by atoms with Crippen molar-refractivity contribution in [3.8, 4) is 0 Å². The molecular formula is C12H7BrN4O3. The van der Waals surface area contributed by atoms with Crippen molar-refractivity contribution >= 4 is 43.8 Å². The predicted molar refractivity (Wildman–Crippen MR) is 76.7 cm³/mol. The lowest BCUT2D eigenvalue weighted by atomic mass is 10.1. The zero-order valence-corrected chi connectivity index (χ0v) is 11.4. The van der Waals surface area contributed by atoms with Crippen molar-refractivity contribution < 1.29 is 4.79 Å². The average Bonchev–Trinajstić information content (AvgIpc) is 2.36. The van der Waals surface area contributed by atoms with E-state index in [0.717, 1.165) is 4.47 Å². The average molecular weight is 335 g/mol. The van der Waals surface area contributed by atoms with Crippen LogP contribution in [0.2, 0.25) is 0 Å². The third-order valence-electron chi connectivity index (χ3n) is 2.87. The molecule has 4 N–H and O–H groups in total. The Morgan fingerprint density at radius 2 is 2.00 bits per heavy atom. The van der Waals surface area contributed by atoms with Gasteiger partial charge in [0.2, 0.25) is 0 Å². The number of aromatic nitrogens is 3. The van der Waals surface area contributed by atoms with Gasteiger partial charge in [-0.25, -0.2) is 9.78 Å². The monoisotopic (exact) mass is 334 g/mol. The van der Waals surface area contributed by atoms with E-state index in [1.54, 1.807) is 18.2 Å². The van der Waals surface area contributed by atoms with Crippen LogP contribution in [0.5, 0.6) is 0 Å². The Kier molecular flexibility index (Phi) is 2.68. The number of aromatic amines is 2. The first-order chi connectivity index (χ1) is 9.47. The number of nitrogens with one attached hydrogen (secondary N) is 2. The zero-order valence-electron chi connectivity index (χ0n) is 9.86. The molecule has 8 heteroatoms. The first-order valence-corrected chi connectivity index (χ1v) is 6.32. The standard InChI is InChI=1S/C12H7BrN4O3/c13-4-1-2-6-5(3-4)7(10(14)18)8-9(15-6)11(19)17-12(20)16-8/h1-3H,(H2,14,18)(H2,16,17,19,20). The molecule has 0 aliphatic heterocycles. The van der Waals surface area contributed by atoms with E-state index in [0.29, 0.717) is 10.9 Å². The van der Waals surface area contributed by atoms with Crippen LogP contribution in [0.3, 0.4) is 0 Å². The molecule has 0 atom stereocenters. The maximum absolute atomic E-state index is 11.8. The highest BCUT2D eigenvalue weighted by Gasteiger charge is 2.16. The van der Waals surface area contributed by atoms with Gasteiger partial charge in [-0.15, -0.1) is 0 Å². The van der Waals surface area contributed by atoms with Gasteiger partial charge < -0.3 is 10.7 Å². The van der Waals surface area contributed by atoms with Gasteiger partial charge in [0.15, 0.2) is 5.52 Å². The fourth-order valence-corrected chi connectivity index (χ4v) is 2.45. The number of carbonyl (C=O) groups excluding carboxylic acids is 1. The molecular weight excluding hydrogens is 328 g/mol. The molecule has 0 radical (unpaired) electrons. The lowest BCUT2D eigenvalue weighted by Gasteiger charge is -2.07. The molecule has 100 valence electrons. The second kappa shape index (κ2) is 4.27. The summed E-state index contributed by atoms with van der Waals surface area (Å²) in [5.74, 6) is -0.748. The van der Waals surface area contributed by atoms with Crippen LogP contribution in [0, 0.1) is 0 Å². The van der Waals surface area contributed by atoms with Gasteiger partial charge in [0.1, 0.15) is 0 Å². The fourth-order valence-electron chi connectivity index (χ4n) is 2.08. The van der Waals surface area contributed by atoms with Crippen molar-refractivity contribution in [2.45, 2.75) is 0 Å². The number of fused-ring (bicyclic) bond motifs is 2. The number of pyridine rings is 1. The van der Waals surface area contributed by atoms with Gasteiger partial charge in [-0.3, -0.25) is 14.6 Å². The Hall–Kier alpha value is -2.48. The third kappa shape index (κ3) is 1.81. The SMILES string of the molecule is NC(=O)c1c2cc(Br)ccc2nc2c(=O)[nH]c(=O)[nH]c12. The van der Waals surface area contributed by atoms with Crippen LogP contribution in [0.1, 0.15) is 10.4 Å². The van der Waals surface area contributed by atoms with Crippen LogP contribution < -0.4 is 17.0 Å². The number of nitrogens with zero attached hydrogens (tertiary/aromatic N) is 1. The van der Waals surface area contributed by atoms with Gasteiger partial charge in [-0.1, -0.05) is 15.9 Å². The Balaban J connectivity index is 2.70. The van der Waals surface area contributed by atoms with Crippen LogP contribution in [0.4, 0.5) is 0 Å². The molecule has 0 saturated carbocycles. The number of nitrogens with two attached hydrogens (primary N) is 1. The number of benzene rings is 1. The van der Waals surface area contributed by atoms with E-state index in [9.17, 15) is 14.4 Å². The summed E-state index contributed by atoms with van der Waals surface area (Å²) in [6.07, 6.45) is 0. The molecule has 20 heavy (non-hydrogen) atoms. The van der Waals surface area contributed by atoms with Gasteiger partial charge in [-0.05, 0) is 18.2 Å². The number of hydrogen-bond acceptors (Lipinski definition) is 4. The van der Waals surface area contributed by atoms with Gasteiger partial charge in [0, 0.05) is 9.86 Å². The lowest BCUT2D eigenvalue weighted by molar-refractivity contribution is 0.100. The number of primary amides is 1. The highest BCUT2D eigenvalue weighted by Crippen LogP contribution is 2.25. The second-order valence-electron chi connectivity index (χ2n) is 4.14. The molecule has 0 fully saturated rings. The van der Waals surface area contributed by atoms with Crippen molar-refractivity contribution in [3.63, 3.8) is 0 Å². The van der Waals surface area contributed by atoms with Crippen molar-refractivity contribution in [2.24, 2.45) is 5.73 Å². The Morgan fingerprint density at radius 3 is 2.70 bits per heavy atom. The molecule has 3 rings (SSSR count). The van der Waals surface area contributed by atoms with E-state index in [1.807, 2.05) is 0 Å². The minimum atomic E-state index is -0.748. The summed E-state index contributed by atoms with van der Waals surface area (Å²) in [5, 5.41) is 0.459. The van der Waals surface area contributed by atoms with E-state index in [4.69, 9.17) is 5.73 Å². The molecule has 0 spiro atoms. The molecule has 1 aromatic carbocycles. The minimum Gasteiger partial charge on any atom is -0.366 e. The van der Waals surface area contributed by atoms with Crippen molar-refractivity contribution in [1.82, 2.24) is 15.0 Å². The molecule has 0 bridgehead atoms. The summed E-state index contributed by atoms with van der Waals surface area (Å²) in [6, 6.07) is 5.03. The molecule has 7 nitrogen and oxygen atoms in total. The lowest BCUT2D eigenvalue weighted by Crippen LogP contribution is -2.25. The Labute approximate surface area is 119 Å². The molecule has 3 aromatic rings. The topological polar surface area (TPSA) is 122 Å². The molecule has 2 heterocycles. The van der Waals surface area contributed by atoms with E-state index < -0.39 is 17.2 Å². The zero-order chi connectivity index (χ0) is 14.4. The van der Waals surface area contributed by atoms with Crippen LogP contribution in [0.25, 0.3) is 21.9 Å². The Bertz CT molecular complexity index is 990. The number of H-pyrrole nitrogens is 2. The first kappa shape index (κ1) is 12.5. The summed E-state index contributed by atoms with van der Waals surface area (Å²) in [4.78, 5) is 43.5. The highest BCUT2D eigenvalue weighted by atomic mass is 79.9. The van der Waals surface area contributed by atoms with Crippen molar-refractivity contribution in [2.75, 3.05) is 0 Å². The molecule has 0 saturated heterocycles. The quantitative estimate of drug-likeness (QED) is 0.565. The van der Waals surface area contributed by atoms with Gasteiger partial charge in [-0.2, -0.15) is 0 Å². The van der Waals surface area contributed by atoms with Gasteiger partial charge in [0.25, 0.3) is 11.5 Å². The Morgan fingerprint density at radius 1 is 1.25 bits per heavy atom. The molecule has 2 aromatic heterocycles. The molecule has 0 unspecified atom stereocenters. The molecule has 0 aliphatic carbocycles. The van der Waals surface area contributed by atoms with E-state index in [2.05, 4.69) is 30.9 Å². The summed E-state index contributed by atoms with van der Waals surface area (Å²) < 4.78 is 0.723. The van der Waals surface area contributed by atoms with E-state index in [1.165, 1.54) is 0 Å². The smallest absolute Gasteiger partial charge is 0.326 e. The summed E-state index contributed by atoms with van der Waals surface area (Å²) in [7, 11) is 0. The minimum absolute atomic E-state index is 0.0341. The van der Waals surface area contributed by atoms with Crippen LogP contribution in [-0.4, -0.2) is 20.9 Å². The number of carbonyl (C=O) groups is 1. The predicted octanol–water partition coefficient (Wildman–Crippen LogP) is 0.626. The number of hydrogen-bond donors (Lipinski definition) is 3. The van der Waals surface area contributed by atoms with Gasteiger partial charge >= 0.3 is 5.69 Å². The van der Waals surface area contributed by atoms with E-state index in [-0.39, 0.29) is 16.6 Å². The highest BCUT2D eigenvalue weighted by molar-refractivity contribution is 9.10.